The molecular weight excluding hydrogens is 249 g/mol. The third kappa shape index (κ3) is 3.45. The molecule has 0 radical (unpaired) electrons. The predicted octanol–water partition coefficient (Wildman–Crippen LogP) is 4.52. The third-order valence-electron chi connectivity index (χ3n) is 3.70. The van der Waals surface area contributed by atoms with Crippen LogP contribution in [0.4, 0.5) is 4.39 Å². The molecule has 0 aliphatic carbocycles. The normalized spacial score (nSPS) is 12.4. The Balaban J connectivity index is 2.15. The minimum atomic E-state index is -0.200. The number of nitrogens with two attached hydrogens (primary N) is 1. The van der Waals surface area contributed by atoms with Crippen LogP contribution in [0, 0.1) is 12.7 Å². The maximum absolute atomic E-state index is 13.3. The number of unbranched alkanes of at least 4 members (excludes halogenated alkanes) is 1. The number of benzene rings is 2. The zero-order valence-electron chi connectivity index (χ0n) is 12.2. The van der Waals surface area contributed by atoms with Gasteiger partial charge in [0, 0.05) is 0 Å². The standard InChI is InChI=1S/C18H22FN/c1-3-4-5-14-6-8-15(9-7-14)18(20)16-10-11-17(19)13(2)12-16/h6-12,18H,3-5,20H2,1-2H3. The highest BCUT2D eigenvalue weighted by atomic mass is 19.1. The molecule has 20 heavy (non-hydrogen) atoms. The summed E-state index contributed by atoms with van der Waals surface area (Å²) in [5, 5.41) is 0. The van der Waals surface area contributed by atoms with E-state index in [0.29, 0.717) is 5.56 Å². The van der Waals surface area contributed by atoms with E-state index in [4.69, 9.17) is 5.73 Å². The van der Waals surface area contributed by atoms with E-state index in [0.717, 1.165) is 17.5 Å². The summed E-state index contributed by atoms with van der Waals surface area (Å²) >= 11 is 0. The summed E-state index contributed by atoms with van der Waals surface area (Å²) < 4.78 is 13.3. The highest BCUT2D eigenvalue weighted by Gasteiger charge is 2.10. The van der Waals surface area contributed by atoms with Crippen molar-refractivity contribution in [3.8, 4) is 0 Å². The zero-order valence-corrected chi connectivity index (χ0v) is 12.2. The van der Waals surface area contributed by atoms with Gasteiger partial charge in [0.15, 0.2) is 0 Å². The molecule has 1 atom stereocenters. The number of hydrogen-bond donors (Lipinski definition) is 1. The molecule has 1 nitrogen and oxygen atoms in total. The van der Waals surface area contributed by atoms with Crippen LogP contribution in [0.15, 0.2) is 42.5 Å². The number of halogens is 1. The predicted molar refractivity (Wildman–Crippen MR) is 82.2 cm³/mol. The molecule has 0 amide bonds. The second kappa shape index (κ2) is 6.67. The second-order valence-electron chi connectivity index (χ2n) is 5.33. The van der Waals surface area contributed by atoms with Crippen molar-refractivity contribution >= 4 is 0 Å². The van der Waals surface area contributed by atoms with E-state index >= 15 is 0 Å². The fraction of sp³-hybridized carbons (Fsp3) is 0.333. The van der Waals surface area contributed by atoms with Crippen LogP contribution in [-0.2, 0) is 6.42 Å². The minimum absolute atomic E-state index is 0.184. The first-order valence-corrected chi connectivity index (χ1v) is 7.22. The Morgan fingerprint density at radius 1 is 1.05 bits per heavy atom. The summed E-state index contributed by atoms with van der Waals surface area (Å²) in [7, 11) is 0. The minimum Gasteiger partial charge on any atom is -0.320 e. The van der Waals surface area contributed by atoms with Crippen molar-refractivity contribution in [2.45, 2.75) is 39.2 Å². The molecule has 0 saturated carbocycles. The Morgan fingerprint density at radius 3 is 2.30 bits per heavy atom. The second-order valence-corrected chi connectivity index (χ2v) is 5.33. The Hall–Kier alpha value is -1.67. The van der Waals surface area contributed by atoms with Crippen LogP contribution in [-0.4, -0.2) is 0 Å². The van der Waals surface area contributed by atoms with Crippen LogP contribution >= 0.6 is 0 Å². The van der Waals surface area contributed by atoms with Crippen molar-refractivity contribution in [3.05, 3.63) is 70.5 Å². The van der Waals surface area contributed by atoms with Crippen LogP contribution in [0.1, 0.15) is 48.1 Å². The molecule has 2 N–H and O–H groups in total. The first kappa shape index (κ1) is 14.7. The summed E-state index contributed by atoms with van der Waals surface area (Å²) in [6, 6.07) is 13.3. The van der Waals surface area contributed by atoms with Gasteiger partial charge in [-0.25, -0.2) is 4.39 Å². The lowest BCUT2D eigenvalue weighted by atomic mass is 9.96. The Kier molecular flexibility index (Phi) is 4.91. The summed E-state index contributed by atoms with van der Waals surface area (Å²) in [6.07, 6.45) is 3.53. The first-order valence-electron chi connectivity index (χ1n) is 7.22. The lowest BCUT2D eigenvalue weighted by molar-refractivity contribution is 0.617. The van der Waals surface area contributed by atoms with Gasteiger partial charge in [-0.15, -0.1) is 0 Å². The molecule has 2 rings (SSSR count). The molecule has 0 heterocycles. The molecule has 2 heteroatoms. The van der Waals surface area contributed by atoms with E-state index < -0.39 is 0 Å². The van der Waals surface area contributed by atoms with Gasteiger partial charge in [0.05, 0.1) is 6.04 Å². The van der Waals surface area contributed by atoms with Crippen molar-refractivity contribution in [2.24, 2.45) is 5.73 Å². The van der Waals surface area contributed by atoms with E-state index in [-0.39, 0.29) is 11.9 Å². The van der Waals surface area contributed by atoms with Crippen molar-refractivity contribution < 1.29 is 4.39 Å². The molecular formula is C18H22FN. The lowest BCUT2D eigenvalue weighted by Gasteiger charge is -2.14. The SMILES string of the molecule is CCCCc1ccc(C(N)c2ccc(F)c(C)c2)cc1. The molecule has 0 saturated heterocycles. The number of aryl methyl sites for hydroxylation is 2. The summed E-state index contributed by atoms with van der Waals surface area (Å²) in [5.74, 6) is -0.184. The van der Waals surface area contributed by atoms with Crippen LogP contribution in [0.25, 0.3) is 0 Å². The van der Waals surface area contributed by atoms with Gasteiger partial charge in [0.2, 0.25) is 0 Å². The number of rotatable bonds is 5. The van der Waals surface area contributed by atoms with Crippen molar-refractivity contribution in [2.75, 3.05) is 0 Å². The molecule has 0 spiro atoms. The quantitative estimate of drug-likeness (QED) is 0.849. The smallest absolute Gasteiger partial charge is 0.126 e. The van der Waals surface area contributed by atoms with E-state index in [1.54, 1.807) is 13.0 Å². The van der Waals surface area contributed by atoms with Gasteiger partial charge < -0.3 is 5.73 Å². The average molecular weight is 271 g/mol. The molecule has 2 aromatic carbocycles. The van der Waals surface area contributed by atoms with Gasteiger partial charge in [-0.2, -0.15) is 0 Å². The Labute approximate surface area is 120 Å². The van der Waals surface area contributed by atoms with Gasteiger partial charge in [0.25, 0.3) is 0 Å². The largest absolute Gasteiger partial charge is 0.320 e. The fourth-order valence-corrected chi connectivity index (χ4v) is 2.33. The Morgan fingerprint density at radius 2 is 1.70 bits per heavy atom. The van der Waals surface area contributed by atoms with Crippen LogP contribution in [0.5, 0.6) is 0 Å². The van der Waals surface area contributed by atoms with Gasteiger partial charge in [-0.1, -0.05) is 49.7 Å². The molecule has 0 aliphatic rings. The third-order valence-corrected chi connectivity index (χ3v) is 3.70. The summed E-state index contributed by atoms with van der Waals surface area (Å²) in [5.41, 5.74) is 10.3. The Bertz CT molecular complexity index is 560. The van der Waals surface area contributed by atoms with Gasteiger partial charge in [0.1, 0.15) is 5.82 Å². The molecule has 0 fully saturated rings. The highest BCUT2D eigenvalue weighted by Crippen LogP contribution is 2.22. The van der Waals surface area contributed by atoms with E-state index in [1.165, 1.54) is 24.5 Å². The van der Waals surface area contributed by atoms with Gasteiger partial charge in [-0.3, -0.25) is 0 Å². The van der Waals surface area contributed by atoms with E-state index in [9.17, 15) is 4.39 Å². The molecule has 1 unspecified atom stereocenters. The van der Waals surface area contributed by atoms with Crippen LogP contribution in [0.3, 0.4) is 0 Å². The van der Waals surface area contributed by atoms with Crippen molar-refractivity contribution in [1.82, 2.24) is 0 Å². The maximum Gasteiger partial charge on any atom is 0.126 e. The summed E-state index contributed by atoms with van der Waals surface area (Å²) in [4.78, 5) is 0. The van der Waals surface area contributed by atoms with Crippen LogP contribution in [0.2, 0.25) is 0 Å². The van der Waals surface area contributed by atoms with Gasteiger partial charge in [-0.05, 0) is 48.1 Å². The van der Waals surface area contributed by atoms with Gasteiger partial charge >= 0.3 is 0 Å². The summed E-state index contributed by atoms with van der Waals surface area (Å²) in [6.45, 7) is 3.96. The topological polar surface area (TPSA) is 26.0 Å². The van der Waals surface area contributed by atoms with Crippen LogP contribution < -0.4 is 5.73 Å². The van der Waals surface area contributed by atoms with E-state index in [2.05, 4.69) is 31.2 Å². The van der Waals surface area contributed by atoms with Crippen molar-refractivity contribution in [1.29, 1.82) is 0 Å². The maximum atomic E-state index is 13.3. The molecule has 0 aromatic heterocycles. The lowest BCUT2D eigenvalue weighted by Crippen LogP contribution is -2.12. The molecule has 0 aliphatic heterocycles. The first-order chi connectivity index (χ1) is 9.61. The molecule has 2 aromatic rings. The molecule has 0 bridgehead atoms. The highest BCUT2D eigenvalue weighted by molar-refractivity contribution is 5.35. The molecule has 106 valence electrons. The average Bonchev–Trinajstić information content (AvgIpc) is 2.48. The van der Waals surface area contributed by atoms with E-state index in [1.807, 2.05) is 6.07 Å². The number of hydrogen-bond acceptors (Lipinski definition) is 1. The monoisotopic (exact) mass is 271 g/mol. The fourth-order valence-electron chi connectivity index (χ4n) is 2.33. The zero-order chi connectivity index (χ0) is 14.5. The van der Waals surface area contributed by atoms with Crippen molar-refractivity contribution in [3.63, 3.8) is 0 Å².